The first-order valence-corrected chi connectivity index (χ1v) is 5.77. The highest BCUT2D eigenvalue weighted by molar-refractivity contribution is 5.44. The van der Waals surface area contributed by atoms with E-state index >= 15 is 0 Å². The standard InChI is InChI=1S/C13H13FN2O/c14-13-5-4-9(8-15-13)16-11-2-1-3-12-10(11)6-7-17-12/h4-8,11,16H,1-3H2. The number of fused-ring (bicyclic) bond motifs is 1. The van der Waals surface area contributed by atoms with Gasteiger partial charge in [0.2, 0.25) is 5.95 Å². The van der Waals surface area contributed by atoms with Crippen LogP contribution < -0.4 is 5.32 Å². The molecule has 0 radical (unpaired) electrons. The molecule has 2 heterocycles. The molecule has 1 unspecified atom stereocenters. The fourth-order valence-electron chi connectivity index (χ4n) is 2.30. The SMILES string of the molecule is Fc1ccc(NC2CCCc3occc32)cn1. The first kappa shape index (κ1) is 10.3. The Kier molecular flexibility index (Phi) is 2.55. The molecule has 1 aliphatic rings. The number of nitrogens with zero attached hydrogens (tertiary/aromatic N) is 1. The van der Waals surface area contributed by atoms with Crippen molar-refractivity contribution in [3.05, 3.63) is 47.9 Å². The molecule has 0 bridgehead atoms. The molecule has 1 N–H and O–H groups in total. The van der Waals surface area contributed by atoms with Crippen LogP contribution in [0.1, 0.15) is 30.2 Å². The van der Waals surface area contributed by atoms with Crippen LogP contribution in [0.4, 0.5) is 10.1 Å². The Morgan fingerprint density at radius 3 is 3.12 bits per heavy atom. The average molecular weight is 232 g/mol. The molecule has 1 atom stereocenters. The summed E-state index contributed by atoms with van der Waals surface area (Å²) in [5, 5.41) is 3.36. The first-order valence-electron chi connectivity index (χ1n) is 5.77. The van der Waals surface area contributed by atoms with Gasteiger partial charge >= 0.3 is 0 Å². The predicted octanol–water partition coefficient (Wildman–Crippen LogP) is 3.30. The van der Waals surface area contributed by atoms with E-state index in [0.717, 1.165) is 30.7 Å². The summed E-state index contributed by atoms with van der Waals surface area (Å²) in [5.74, 6) is 0.604. The maximum absolute atomic E-state index is 12.7. The van der Waals surface area contributed by atoms with Gasteiger partial charge in [0.25, 0.3) is 0 Å². The van der Waals surface area contributed by atoms with Gasteiger partial charge in [0, 0.05) is 12.0 Å². The van der Waals surface area contributed by atoms with Crippen LogP contribution in [0.5, 0.6) is 0 Å². The first-order chi connectivity index (χ1) is 8.33. The van der Waals surface area contributed by atoms with Crippen LogP contribution in [0.15, 0.2) is 35.1 Å². The lowest BCUT2D eigenvalue weighted by Gasteiger charge is -2.23. The lowest BCUT2D eigenvalue weighted by atomic mass is 9.93. The minimum absolute atomic E-state index is 0.241. The van der Waals surface area contributed by atoms with Gasteiger partial charge in [-0.25, -0.2) is 4.98 Å². The van der Waals surface area contributed by atoms with Crippen LogP contribution in [0.25, 0.3) is 0 Å². The minimum Gasteiger partial charge on any atom is -0.469 e. The number of aromatic nitrogens is 1. The number of halogens is 1. The van der Waals surface area contributed by atoms with Crippen molar-refractivity contribution < 1.29 is 8.81 Å². The van der Waals surface area contributed by atoms with Gasteiger partial charge in [0.05, 0.1) is 24.2 Å². The quantitative estimate of drug-likeness (QED) is 0.807. The summed E-state index contributed by atoms with van der Waals surface area (Å²) >= 11 is 0. The van der Waals surface area contributed by atoms with Crippen LogP contribution in [0, 0.1) is 5.95 Å². The maximum atomic E-state index is 12.7. The molecule has 0 saturated heterocycles. The summed E-state index contributed by atoms with van der Waals surface area (Å²) in [4.78, 5) is 3.64. The predicted molar refractivity (Wildman–Crippen MR) is 62.2 cm³/mol. The van der Waals surface area contributed by atoms with E-state index in [1.54, 1.807) is 12.3 Å². The number of furan rings is 1. The van der Waals surface area contributed by atoms with Crippen molar-refractivity contribution >= 4 is 5.69 Å². The summed E-state index contributed by atoms with van der Waals surface area (Å²) in [7, 11) is 0. The lowest BCUT2D eigenvalue weighted by molar-refractivity contribution is 0.461. The Hall–Kier alpha value is -1.84. The molecule has 0 spiro atoms. The van der Waals surface area contributed by atoms with E-state index in [1.165, 1.54) is 17.8 Å². The minimum atomic E-state index is -0.455. The molecule has 0 aromatic carbocycles. The van der Waals surface area contributed by atoms with Gasteiger partial charge in [0.15, 0.2) is 0 Å². The zero-order valence-electron chi connectivity index (χ0n) is 9.32. The highest BCUT2D eigenvalue weighted by atomic mass is 19.1. The molecule has 4 heteroatoms. The van der Waals surface area contributed by atoms with Crippen LogP contribution in [-0.2, 0) is 6.42 Å². The van der Waals surface area contributed by atoms with E-state index in [4.69, 9.17) is 4.42 Å². The number of hydrogen-bond acceptors (Lipinski definition) is 3. The molecule has 2 aromatic rings. The topological polar surface area (TPSA) is 38.1 Å². The summed E-state index contributed by atoms with van der Waals surface area (Å²) < 4.78 is 18.1. The number of anilines is 1. The highest BCUT2D eigenvalue weighted by Crippen LogP contribution is 2.32. The molecule has 0 saturated carbocycles. The zero-order valence-corrected chi connectivity index (χ0v) is 9.32. The molecule has 3 nitrogen and oxygen atoms in total. The van der Waals surface area contributed by atoms with Crippen molar-refractivity contribution in [2.24, 2.45) is 0 Å². The Balaban J connectivity index is 1.81. The van der Waals surface area contributed by atoms with E-state index in [1.807, 2.05) is 6.07 Å². The van der Waals surface area contributed by atoms with Crippen molar-refractivity contribution in [3.63, 3.8) is 0 Å². The molecule has 1 aliphatic carbocycles. The van der Waals surface area contributed by atoms with Crippen molar-refractivity contribution in [1.82, 2.24) is 4.98 Å². The summed E-state index contributed by atoms with van der Waals surface area (Å²) in [5.41, 5.74) is 2.05. The van der Waals surface area contributed by atoms with Crippen LogP contribution >= 0.6 is 0 Å². The molecule has 17 heavy (non-hydrogen) atoms. The smallest absolute Gasteiger partial charge is 0.212 e. The molecule has 0 fully saturated rings. The van der Waals surface area contributed by atoms with Gasteiger partial charge in [-0.15, -0.1) is 0 Å². The van der Waals surface area contributed by atoms with Gasteiger partial charge in [-0.3, -0.25) is 0 Å². The van der Waals surface area contributed by atoms with Crippen molar-refractivity contribution in [2.45, 2.75) is 25.3 Å². The summed E-state index contributed by atoms with van der Waals surface area (Å²) in [6, 6.07) is 5.31. The van der Waals surface area contributed by atoms with E-state index < -0.39 is 5.95 Å². The largest absolute Gasteiger partial charge is 0.469 e. The third-order valence-corrected chi connectivity index (χ3v) is 3.12. The molecule has 2 aromatic heterocycles. The van der Waals surface area contributed by atoms with Crippen molar-refractivity contribution in [2.75, 3.05) is 5.32 Å². The second-order valence-corrected chi connectivity index (χ2v) is 4.26. The Morgan fingerprint density at radius 1 is 1.35 bits per heavy atom. The number of pyridine rings is 1. The zero-order chi connectivity index (χ0) is 11.7. The molecule has 3 rings (SSSR count). The third-order valence-electron chi connectivity index (χ3n) is 3.12. The number of aryl methyl sites for hydroxylation is 1. The summed E-state index contributed by atoms with van der Waals surface area (Å²) in [6.07, 6.45) is 6.41. The molecular formula is C13H13FN2O. The fraction of sp³-hybridized carbons (Fsp3) is 0.308. The van der Waals surface area contributed by atoms with Gasteiger partial charge < -0.3 is 9.73 Å². The van der Waals surface area contributed by atoms with E-state index in [-0.39, 0.29) is 6.04 Å². The van der Waals surface area contributed by atoms with Gasteiger partial charge in [0.1, 0.15) is 5.76 Å². The Bertz CT molecular complexity index is 506. The number of hydrogen-bond donors (Lipinski definition) is 1. The van der Waals surface area contributed by atoms with Crippen molar-refractivity contribution in [1.29, 1.82) is 0 Å². The summed E-state index contributed by atoms with van der Waals surface area (Å²) in [6.45, 7) is 0. The third kappa shape index (κ3) is 2.02. The molecule has 0 amide bonds. The van der Waals surface area contributed by atoms with Gasteiger partial charge in [-0.2, -0.15) is 4.39 Å². The normalized spacial score (nSPS) is 18.8. The van der Waals surface area contributed by atoms with Crippen LogP contribution in [0.3, 0.4) is 0 Å². The van der Waals surface area contributed by atoms with E-state index in [0.29, 0.717) is 0 Å². The average Bonchev–Trinajstić information content (AvgIpc) is 2.81. The second-order valence-electron chi connectivity index (χ2n) is 4.26. The van der Waals surface area contributed by atoms with Gasteiger partial charge in [-0.05, 0) is 31.0 Å². The van der Waals surface area contributed by atoms with E-state index in [2.05, 4.69) is 10.3 Å². The Morgan fingerprint density at radius 2 is 2.29 bits per heavy atom. The molecular weight excluding hydrogens is 219 g/mol. The van der Waals surface area contributed by atoms with Crippen molar-refractivity contribution in [3.8, 4) is 0 Å². The van der Waals surface area contributed by atoms with Crippen LogP contribution in [0.2, 0.25) is 0 Å². The lowest BCUT2D eigenvalue weighted by Crippen LogP contribution is -2.15. The highest BCUT2D eigenvalue weighted by Gasteiger charge is 2.22. The number of nitrogens with one attached hydrogen (secondary N) is 1. The second kappa shape index (κ2) is 4.20. The van der Waals surface area contributed by atoms with Gasteiger partial charge in [-0.1, -0.05) is 0 Å². The Labute approximate surface area is 98.7 Å². The molecule has 88 valence electrons. The molecule has 0 aliphatic heterocycles. The van der Waals surface area contributed by atoms with E-state index in [9.17, 15) is 4.39 Å². The number of rotatable bonds is 2. The monoisotopic (exact) mass is 232 g/mol. The van der Waals surface area contributed by atoms with Crippen LogP contribution in [-0.4, -0.2) is 4.98 Å². The fourth-order valence-corrected chi connectivity index (χ4v) is 2.30. The maximum Gasteiger partial charge on any atom is 0.212 e.